The molecule has 4 heteroatoms. The average molecular weight is 266 g/mol. The molecule has 2 aromatic heterocycles. The lowest BCUT2D eigenvalue weighted by Gasteiger charge is -2.35. The molecule has 1 fully saturated rings. The summed E-state index contributed by atoms with van der Waals surface area (Å²) in [5.41, 5.74) is 3.90. The van der Waals surface area contributed by atoms with Crippen molar-refractivity contribution in [2.45, 2.75) is 44.8 Å². The first-order valence-electron chi connectivity index (χ1n) is 7.28. The maximum atomic E-state index is 4.65. The second-order valence-corrected chi connectivity index (χ2v) is 5.80. The van der Waals surface area contributed by atoms with Crippen molar-refractivity contribution in [3.05, 3.63) is 53.4 Å². The van der Waals surface area contributed by atoms with Gasteiger partial charge in [0.2, 0.25) is 0 Å². The van der Waals surface area contributed by atoms with E-state index in [0.717, 1.165) is 18.8 Å². The topological polar surface area (TPSA) is 41.9 Å². The minimum Gasteiger partial charge on any atom is -0.289 e. The number of pyridine rings is 1. The predicted octanol–water partition coefficient (Wildman–Crippen LogP) is 2.44. The normalized spacial score (nSPS) is 24.6. The van der Waals surface area contributed by atoms with E-state index in [9.17, 15) is 0 Å². The summed E-state index contributed by atoms with van der Waals surface area (Å²) in [6, 6.07) is 5.29. The van der Waals surface area contributed by atoms with Gasteiger partial charge in [0.15, 0.2) is 0 Å². The lowest BCUT2D eigenvalue weighted by molar-refractivity contribution is 0.166. The summed E-state index contributed by atoms with van der Waals surface area (Å²) >= 11 is 0. The van der Waals surface area contributed by atoms with E-state index in [1.54, 1.807) is 0 Å². The van der Waals surface area contributed by atoms with Crippen LogP contribution in [0.25, 0.3) is 0 Å². The van der Waals surface area contributed by atoms with Crippen LogP contribution < -0.4 is 0 Å². The quantitative estimate of drug-likeness (QED) is 0.837. The molecule has 0 aromatic carbocycles. The van der Waals surface area contributed by atoms with Gasteiger partial charge in [-0.2, -0.15) is 0 Å². The van der Waals surface area contributed by atoms with E-state index < -0.39 is 0 Å². The highest BCUT2D eigenvalue weighted by atomic mass is 15.2. The van der Waals surface area contributed by atoms with Crippen molar-refractivity contribution in [2.24, 2.45) is 0 Å². The van der Waals surface area contributed by atoms with Gasteiger partial charge in [0, 0.05) is 49.2 Å². The van der Waals surface area contributed by atoms with Gasteiger partial charge in [-0.05, 0) is 31.4 Å². The van der Waals surface area contributed by atoms with Gasteiger partial charge in [-0.25, -0.2) is 9.97 Å². The molecule has 0 N–H and O–H groups in total. The second-order valence-electron chi connectivity index (χ2n) is 5.80. The Labute approximate surface area is 118 Å². The highest BCUT2D eigenvalue weighted by Crippen LogP contribution is 2.43. The zero-order valence-corrected chi connectivity index (χ0v) is 11.7. The molecule has 2 unspecified atom stereocenters. The van der Waals surface area contributed by atoms with E-state index in [1.807, 2.05) is 31.6 Å². The van der Waals surface area contributed by atoms with E-state index in [2.05, 4.69) is 25.9 Å². The van der Waals surface area contributed by atoms with Crippen LogP contribution in [0.5, 0.6) is 0 Å². The third kappa shape index (κ3) is 1.91. The monoisotopic (exact) mass is 266 g/mol. The van der Waals surface area contributed by atoms with Gasteiger partial charge in [-0.3, -0.25) is 9.88 Å². The van der Waals surface area contributed by atoms with E-state index in [4.69, 9.17) is 0 Å². The summed E-state index contributed by atoms with van der Waals surface area (Å²) in [4.78, 5) is 15.9. The number of hydrogen-bond donors (Lipinski definition) is 0. The maximum Gasteiger partial charge on any atom is 0.125 e. The van der Waals surface area contributed by atoms with Crippen LogP contribution in [-0.4, -0.2) is 25.9 Å². The van der Waals surface area contributed by atoms with Gasteiger partial charge in [0.05, 0.1) is 5.69 Å². The van der Waals surface area contributed by atoms with Crippen LogP contribution >= 0.6 is 0 Å². The largest absolute Gasteiger partial charge is 0.289 e. The van der Waals surface area contributed by atoms with Crippen LogP contribution in [0.3, 0.4) is 0 Å². The van der Waals surface area contributed by atoms with Crippen molar-refractivity contribution in [1.82, 2.24) is 19.9 Å². The molecule has 4 rings (SSSR count). The van der Waals surface area contributed by atoms with Crippen molar-refractivity contribution >= 4 is 0 Å². The van der Waals surface area contributed by atoms with Gasteiger partial charge in [0.1, 0.15) is 5.82 Å². The van der Waals surface area contributed by atoms with E-state index >= 15 is 0 Å². The van der Waals surface area contributed by atoms with Crippen LogP contribution in [-0.2, 0) is 13.0 Å². The number of rotatable bonds is 2. The van der Waals surface area contributed by atoms with Crippen molar-refractivity contribution in [3.8, 4) is 0 Å². The minimum absolute atomic E-state index is 0.490. The van der Waals surface area contributed by atoms with Gasteiger partial charge in [-0.15, -0.1) is 0 Å². The lowest BCUT2D eigenvalue weighted by atomic mass is 9.98. The first kappa shape index (κ1) is 12.0. The van der Waals surface area contributed by atoms with Crippen molar-refractivity contribution in [1.29, 1.82) is 0 Å². The Kier molecular flexibility index (Phi) is 2.77. The predicted molar refractivity (Wildman–Crippen MR) is 76.0 cm³/mol. The average Bonchev–Trinajstić information content (AvgIpc) is 2.74. The van der Waals surface area contributed by atoms with Crippen LogP contribution in [0, 0.1) is 6.92 Å². The Hall–Kier alpha value is -1.81. The Balaban J connectivity index is 1.66. The van der Waals surface area contributed by atoms with Crippen molar-refractivity contribution < 1.29 is 0 Å². The lowest BCUT2D eigenvalue weighted by Crippen LogP contribution is -2.37. The third-order valence-corrected chi connectivity index (χ3v) is 4.54. The van der Waals surface area contributed by atoms with Gasteiger partial charge < -0.3 is 0 Å². The Bertz CT molecular complexity index is 626. The zero-order valence-electron chi connectivity index (χ0n) is 11.7. The van der Waals surface area contributed by atoms with Crippen LogP contribution in [0.1, 0.15) is 41.5 Å². The highest BCUT2D eigenvalue weighted by molar-refractivity contribution is 5.29. The second kappa shape index (κ2) is 4.63. The number of fused-ring (bicyclic) bond motifs is 4. The van der Waals surface area contributed by atoms with E-state index in [1.165, 1.54) is 29.7 Å². The Morgan fingerprint density at radius 3 is 3.10 bits per heavy atom. The first-order chi connectivity index (χ1) is 9.81. The molecule has 2 aliphatic rings. The van der Waals surface area contributed by atoms with Gasteiger partial charge >= 0.3 is 0 Å². The van der Waals surface area contributed by atoms with Crippen molar-refractivity contribution in [2.75, 3.05) is 0 Å². The number of aryl methyl sites for hydroxylation is 1. The summed E-state index contributed by atoms with van der Waals surface area (Å²) in [5.74, 6) is 0.892. The molecule has 0 aliphatic carbocycles. The fourth-order valence-corrected chi connectivity index (χ4v) is 3.62. The molecule has 102 valence electrons. The Morgan fingerprint density at radius 1 is 1.30 bits per heavy atom. The summed E-state index contributed by atoms with van der Waals surface area (Å²) < 4.78 is 0. The molecule has 1 saturated heterocycles. The van der Waals surface area contributed by atoms with E-state index in [-0.39, 0.29) is 0 Å². The summed E-state index contributed by atoms with van der Waals surface area (Å²) in [7, 11) is 0. The molecular formula is C16H18N4. The highest BCUT2D eigenvalue weighted by Gasteiger charge is 2.40. The molecule has 4 nitrogen and oxygen atoms in total. The van der Waals surface area contributed by atoms with Crippen molar-refractivity contribution in [3.63, 3.8) is 0 Å². The van der Waals surface area contributed by atoms with E-state index in [0.29, 0.717) is 12.1 Å². The third-order valence-electron chi connectivity index (χ3n) is 4.54. The SMILES string of the molecule is Cc1ncc2c(n1)CC1CCC2N1Cc1cccnc1. The summed E-state index contributed by atoms with van der Waals surface area (Å²) in [6.07, 6.45) is 9.40. The summed E-state index contributed by atoms with van der Waals surface area (Å²) in [5, 5.41) is 0. The standard InChI is InChI=1S/C16H18N4/c1-11-18-9-14-15(19-11)7-13-4-5-16(14)20(13)10-12-3-2-6-17-8-12/h2-3,6,8-9,13,16H,4-5,7,10H2,1H3. The zero-order chi connectivity index (χ0) is 13.5. The minimum atomic E-state index is 0.490. The van der Waals surface area contributed by atoms with Gasteiger partial charge in [-0.1, -0.05) is 6.07 Å². The first-order valence-corrected chi connectivity index (χ1v) is 7.28. The number of nitrogens with zero attached hydrogens (tertiary/aromatic N) is 4. The molecule has 20 heavy (non-hydrogen) atoms. The smallest absolute Gasteiger partial charge is 0.125 e. The molecule has 2 aliphatic heterocycles. The molecule has 0 radical (unpaired) electrons. The van der Waals surface area contributed by atoms with Crippen LogP contribution in [0.2, 0.25) is 0 Å². The fraction of sp³-hybridized carbons (Fsp3) is 0.438. The molecule has 0 spiro atoms. The molecule has 2 atom stereocenters. The molecule has 0 saturated carbocycles. The molecule has 0 amide bonds. The summed E-state index contributed by atoms with van der Waals surface area (Å²) in [6.45, 7) is 2.96. The van der Waals surface area contributed by atoms with Crippen LogP contribution in [0.15, 0.2) is 30.7 Å². The molecule has 2 bridgehead atoms. The number of hydrogen-bond acceptors (Lipinski definition) is 4. The Morgan fingerprint density at radius 2 is 2.25 bits per heavy atom. The fourth-order valence-electron chi connectivity index (χ4n) is 3.62. The number of aromatic nitrogens is 3. The molecule has 4 heterocycles. The van der Waals surface area contributed by atoms with Gasteiger partial charge in [0.25, 0.3) is 0 Å². The maximum absolute atomic E-state index is 4.65. The molecule has 2 aromatic rings. The molecular weight excluding hydrogens is 248 g/mol. The van der Waals surface area contributed by atoms with Crippen LogP contribution in [0.4, 0.5) is 0 Å².